The second-order valence-corrected chi connectivity index (χ2v) is 7.50. The summed E-state index contributed by atoms with van der Waals surface area (Å²) in [7, 11) is 1.86. The van der Waals surface area contributed by atoms with E-state index in [4.69, 9.17) is 0 Å². The SMILES string of the molecule is CN(Cc1ccccc1)C(=O)C1CCN(C(=O)C(C)(C)C)CC1. The molecule has 0 saturated carbocycles. The highest BCUT2D eigenvalue weighted by Gasteiger charge is 2.33. The van der Waals surface area contributed by atoms with Crippen LogP contribution in [-0.2, 0) is 16.1 Å². The number of benzene rings is 1. The van der Waals surface area contributed by atoms with Crippen LogP contribution < -0.4 is 0 Å². The van der Waals surface area contributed by atoms with Gasteiger partial charge < -0.3 is 9.80 Å². The Morgan fingerprint density at radius 2 is 1.70 bits per heavy atom. The van der Waals surface area contributed by atoms with E-state index >= 15 is 0 Å². The minimum absolute atomic E-state index is 0.0349. The summed E-state index contributed by atoms with van der Waals surface area (Å²) in [6.45, 7) is 7.85. The van der Waals surface area contributed by atoms with E-state index in [0.717, 1.165) is 18.4 Å². The van der Waals surface area contributed by atoms with Gasteiger partial charge in [0, 0.05) is 38.0 Å². The van der Waals surface area contributed by atoms with Gasteiger partial charge in [0.2, 0.25) is 11.8 Å². The van der Waals surface area contributed by atoms with Crippen LogP contribution in [0.15, 0.2) is 30.3 Å². The summed E-state index contributed by atoms with van der Waals surface area (Å²) in [6, 6.07) is 10.0. The molecule has 1 aromatic carbocycles. The monoisotopic (exact) mass is 316 g/mol. The van der Waals surface area contributed by atoms with Crippen molar-refractivity contribution in [3.63, 3.8) is 0 Å². The minimum atomic E-state index is -0.346. The van der Waals surface area contributed by atoms with Crippen LogP contribution in [0.2, 0.25) is 0 Å². The molecule has 1 fully saturated rings. The molecule has 0 aromatic heterocycles. The van der Waals surface area contributed by atoms with E-state index in [2.05, 4.69) is 0 Å². The lowest BCUT2D eigenvalue weighted by atomic mass is 9.90. The van der Waals surface area contributed by atoms with Crippen LogP contribution in [0.5, 0.6) is 0 Å². The Kier molecular flexibility index (Phi) is 5.45. The predicted octanol–water partition coefficient (Wildman–Crippen LogP) is 2.93. The van der Waals surface area contributed by atoms with Crippen LogP contribution in [0, 0.1) is 11.3 Å². The molecule has 126 valence electrons. The molecular weight excluding hydrogens is 288 g/mol. The van der Waals surface area contributed by atoms with Crippen molar-refractivity contribution in [2.24, 2.45) is 11.3 Å². The molecule has 2 amide bonds. The Bertz CT molecular complexity index is 540. The zero-order valence-electron chi connectivity index (χ0n) is 14.7. The third-order valence-corrected chi connectivity index (χ3v) is 4.41. The second-order valence-electron chi connectivity index (χ2n) is 7.50. The molecule has 0 aliphatic carbocycles. The molecule has 23 heavy (non-hydrogen) atoms. The predicted molar refractivity (Wildman–Crippen MR) is 91.7 cm³/mol. The maximum atomic E-state index is 12.6. The van der Waals surface area contributed by atoms with Gasteiger partial charge in [0.05, 0.1) is 0 Å². The van der Waals surface area contributed by atoms with E-state index < -0.39 is 0 Å². The van der Waals surface area contributed by atoms with E-state index in [1.807, 2.05) is 63.1 Å². The Balaban J connectivity index is 1.87. The Morgan fingerprint density at radius 3 is 2.22 bits per heavy atom. The molecule has 0 atom stereocenters. The van der Waals surface area contributed by atoms with Gasteiger partial charge >= 0.3 is 0 Å². The smallest absolute Gasteiger partial charge is 0.227 e. The third kappa shape index (κ3) is 4.57. The van der Waals surface area contributed by atoms with Gasteiger partial charge in [-0.25, -0.2) is 0 Å². The van der Waals surface area contributed by atoms with Gasteiger partial charge in [0.15, 0.2) is 0 Å². The van der Waals surface area contributed by atoms with Crippen molar-refractivity contribution >= 4 is 11.8 Å². The summed E-state index contributed by atoms with van der Waals surface area (Å²) in [5.74, 6) is 0.408. The molecule has 0 unspecified atom stereocenters. The summed E-state index contributed by atoms with van der Waals surface area (Å²) in [4.78, 5) is 28.6. The van der Waals surface area contributed by atoms with Crippen molar-refractivity contribution < 1.29 is 9.59 Å². The standard InChI is InChI=1S/C19H28N2O2/c1-19(2,3)18(23)21-12-10-16(11-13-21)17(22)20(4)14-15-8-6-5-7-9-15/h5-9,16H,10-14H2,1-4H3. The molecule has 4 nitrogen and oxygen atoms in total. The zero-order chi connectivity index (χ0) is 17.0. The van der Waals surface area contributed by atoms with Crippen LogP contribution >= 0.6 is 0 Å². The molecule has 1 aromatic rings. The summed E-state index contributed by atoms with van der Waals surface area (Å²) < 4.78 is 0. The van der Waals surface area contributed by atoms with Gasteiger partial charge in [-0.05, 0) is 18.4 Å². The topological polar surface area (TPSA) is 40.6 Å². The van der Waals surface area contributed by atoms with Crippen molar-refractivity contribution in [2.45, 2.75) is 40.2 Å². The van der Waals surface area contributed by atoms with E-state index in [1.165, 1.54) is 0 Å². The minimum Gasteiger partial charge on any atom is -0.342 e. The molecule has 1 heterocycles. The van der Waals surface area contributed by atoms with E-state index in [-0.39, 0.29) is 23.1 Å². The lowest BCUT2D eigenvalue weighted by Crippen LogP contribution is -2.46. The largest absolute Gasteiger partial charge is 0.342 e. The summed E-state index contributed by atoms with van der Waals surface area (Å²) in [5.41, 5.74) is 0.796. The highest BCUT2D eigenvalue weighted by molar-refractivity contribution is 5.82. The Labute approximate surface area is 139 Å². The molecule has 1 aliphatic heterocycles. The number of rotatable bonds is 3. The third-order valence-electron chi connectivity index (χ3n) is 4.41. The Morgan fingerprint density at radius 1 is 1.13 bits per heavy atom. The molecule has 0 N–H and O–H groups in total. The zero-order valence-corrected chi connectivity index (χ0v) is 14.7. The molecular formula is C19H28N2O2. The fraction of sp³-hybridized carbons (Fsp3) is 0.579. The molecule has 4 heteroatoms. The van der Waals surface area contributed by atoms with Crippen LogP contribution in [-0.4, -0.2) is 41.8 Å². The van der Waals surface area contributed by atoms with Gasteiger partial charge in [-0.1, -0.05) is 51.1 Å². The average molecular weight is 316 g/mol. The summed E-state index contributed by atoms with van der Waals surface area (Å²) >= 11 is 0. The maximum Gasteiger partial charge on any atom is 0.227 e. The number of likely N-dealkylation sites (tertiary alicyclic amines) is 1. The fourth-order valence-electron chi connectivity index (χ4n) is 3.05. The van der Waals surface area contributed by atoms with E-state index in [9.17, 15) is 9.59 Å². The van der Waals surface area contributed by atoms with Crippen LogP contribution in [0.4, 0.5) is 0 Å². The second kappa shape index (κ2) is 7.16. The first-order chi connectivity index (χ1) is 10.8. The average Bonchev–Trinajstić information content (AvgIpc) is 2.53. The van der Waals surface area contributed by atoms with Crippen molar-refractivity contribution in [1.82, 2.24) is 9.80 Å². The quantitative estimate of drug-likeness (QED) is 0.860. The van der Waals surface area contributed by atoms with Crippen molar-refractivity contribution in [3.05, 3.63) is 35.9 Å². The number of piperidine rings is 1. The first-order valence-corrected chi connectivity index (χ1v) is 8.37. The van der Waals surface area contributed by atoms with Crippen molar-refractivity contribution in [3.8, 4) is 0 Å². The molecule has 1 saturated heterocycles. The van der Waals surface area contributed by atoms with Crippen LogP contribution in [0.1, 0.15) is 39.2 Å². The normalized spacial score (nSPS) is 16.3. The first kappa shape index (κ1) is 17.5. The van der Waals surface area contributed by atoms with Gasteiger partial charge in [-0.2, -0.15) is 0 Å². The lowest BCUT2D eigenvalue weighted by molar-refractivity contribution is -0.144. The molecule has 0 bridgehead atoms. The van der Waals surface area contributed by atoms with Gasteiger partial charge in [0.1, 0.15) is 0 Å². The number of nitrogens with zero attached hydrogens (tertiary/aromatic N) is 2. The van der Waals surface area contributed by atoms with Gasteiger partial charge in [0.25, 0.3) is 0 Å². The van der Waals surface area contributed by atoms with Gasteiger partial charge in [-0.15, -0.1) is 0 Å². The Hall–Kier alpha value is -1.84. The lowest BCUT2D eigenvalue weighted by Gasteiger charge is -2.36. The maximum absolute atomic E-state index is 12.6. The van der Waals surface area contributed by atoms with Gasteiger partial charge in [-0.3, -0.25) is 9.59 Å². The van der Waals surface area contributed by atoms with Crippen LogP contribution in [0.25, 0.3) is 0 Å². The number of carbonyl (C=O) groups excluding carboxylic acids is 2. The molecule has 0 radical (unpaired) electrons. The van der Waals surface area contributed by atoms with Crippen LogP contribution in [0.3, 0.4) is 0 Å². The molecule has 2 rings (SSSR count). The molecule has 0 spiro atoms. The molecule has 1 aliphatic rings. The number of hydrogen-bond acceptors (Lipinski definition) is 2. The summed E-state index contributed by atoms with van der Waals surface area (Å²) in [6.07, 6.45) is 1.53. The fourth-order valence-corrected chi connectivity index (χ4v) is 3.05. The highest BCUT2D eigenvalue weighted by Crippen LogP contribution is 2.24. The summed E-state index contributed by atoms with van der Waals surface area (Å²) in [5, 5.41) is 0. The van der Waals surface area contributed by atoms with Crippen molar-refractivity contribution in [1.29, 1.82) is 0 Å². The van der Waals surface area contributed by atoms with E-state index in [0.29, 0.717) is 19.6 Å². The van der Waals surface area contributed by atoms with Crippen molar-refractivity contribution in [2.75, 3.05) is 20.1 Å². The highest BCUT2D eigenvalue weighted by atomic mass is 16.2. The number of amides is 2. The van der Waals surface area contributed by atoms with E-state index in [1.54, 1.807) is 4.90 Å². The number of carbonyl (C=O) groups is 2. The number of hydrogen-bond donors (Lipinski definition) is 0. The first-order valence-electron chi connectivity index (χ1n) is 8.37.